The third-order valence-electron chi connectivity index (χ3n) is 6.91. The van der Waals surface area contributed by atoms with Gasteiger partial charge in [0, 0.05) is 30.8 Å². The van der Waals surface area contributed by atoms with Crippen molar-refractivity contribution in [1.82, 2.24) is 14.9 Å². The highest BCUT2D eigenvalue weighted by atomic mass is 16.4. The first-order chi connectivity index (χ1) is 17.7. The fourth-order valence-electron chi connectivity index (χ4n) is 5.12. The van der Waals surface area contributed by atoms with Gasteiger partial charge in [-0.1, -0.05) is 12.1 Å². The molecule has 3 aromatic rings. The zero-order valence-corrected chi connectivity index (χ0v) is 20.2. The molecule has 1 amide bonds. The number of carbonyl (C=O) groups is 3. The molecular weight excluding hydrogens is 476 g/mol. The summed E-state index contributed by atoms with van der Waals surface area (Å²) in [6.45, 7) is 2.36. The number of hydrogen-bond acceptors (Lipinski definition) is 6. The van der Waals surface area contributed by atoms with Crippen LogP contribution >= 0.6 is 0 Å². The molecule has 5 rings (SSSR count). The number of hydrogen-bond donors (Lipinski definition) is 4. The number of aromatic nitrogens is 2. The largest absolute Gasteiger partial charge is 0.481 e. The van der Waals surface area contributed by atoms with Crippen LogP contribution in [0.2, 0.25) is 0 Å². The number of nitrogens with zero attached hydrogens (tertiary/aromatic N) is 2. The summed E-state index contributed by atoms with van der Waals surface area (Å²) in [5.74, 6) is -2.14. The van der Waals surface area contributed by atoms with Gasteiger partial charge in [-0.2, -0.15) is 0 Å². The van der Waals surface area contributed by atoms with Gasteiger partial charge in [-0.25, -0.2) is 9.78 Å². The van der Waals surface area contributed by atoms with E-state index in [4.69, 9.17) is 5.11 Å². The Bertz CT molecular complexity index is 1490. The quantitative estimate of drug-likeness (QED) is 0.367. The molecule has 0 radical (unpaired) electrons. The van der Waals surface area contributed by atoms with Crippen LogP contribution in [0.5, 0.6) is 0 Å². The lowest BCUT2D eigenvalue weighted by molar-refractivity contribution is -0.143. The molecule has 0 spiro atoms. The number of carbonyl (C=O) groups excluding carboxylic acids is 1. The number of H-pyrrole nitrogens is 1. The predicted molar refractivity (Wildman–Crippen MR) is 134 cm³/mol. The van der Waals surface area contributed by atoms with E-state index >= 15 is 0 Å². The van der Waals surface area contributed by atoms with E-state index in [9.17, 15) is 24.3 Å². The summed E-state index contributed by atoms with van der Waals surface area (Å²) in [5, 5.41) is 21.8. The minimum atomic E-state index is -1.22. The number of nitrogens with one attached hydrogen (secondary N) is 2. The number of carboxylic acids is 2. The lowest BCUT2D eigenvalue weighted by Crippen LogP contribution is -2.41. The number of aromatic amines is 1. The Kier molecular flexibility index (Phi) is 6.24. The zero-order valence-electron chi connectivity index (χ0n) is 20.2. The summed E-state index contributed by atoms with van der Waals surface area (Å²) in [4.78, 5) is 56.6. The number of carboxylic acid groups (broad SMARTS) is 2. The average molecular weight is 503 g/mol. The van der Waals surface area contributed by atoms with Gasteiger partial charge in [-0.05, 0) is 72.7 Å². The van der Waals surface area contributed by atoms with Crippen LogP contribution in [-0.2, 0) is 35.5 Å². The number of amides is 1. The SMILES string of the molecule is Cc1nc2c(c(=O)[nH]1)-c1cc(CNc3ccc4c(c3)CN([C@@H](CCC(=O)O)C(=O)O)C4=O)ccc1CC2. The van der Waals surface area contributed by atoms with Gasteiger partial charge in [0.25, 0.3) is 11.5 Å². The van der Waals surface area contributed by atoms with Crippen molar-refractivity contribution in [2.24, 2.45) is 0 Å². The third kappa shape index (κ3) is 4.69. The first-order valence-electron chi connectivity index (χ1n) is 12.1. The second-order valence-corrected chi connectivity index (χ2v) is 9.41. The Labute approximate surface area is 212 Å². The molecule has 0 bridgehead atoms. The van der Waals surface area contributed by atoms with Crippen molar-refractivity contribution in [3.63, 3.8) is 0 Å². The van der Waals surface area contributed by atoms with Crippen LogP contribution in [0.25, 0.3) is 11.1 Å². The number of rotatable bonds is 8. The summed E-state index contributed by atoms with van der Waals surface area (Å²) in [5.41, 5.74) is 6.15. The molecule has 0 unspecified atom stereocenters. The molecule has 37 heavy (non-hydrogen) atoms. The fourth-order valence-corrected chi connectivity index (χ4v) is 5.12. The molecule has 2 aliphatic rings. The van der Waals surface area contributed by atoms with Crippen LogP contribution in [0, 0.1) is 6.92 Å². The summed E-state index contributed by atoms with van der Waals surface area (Å²) < 4.78 is 0. The van der Waals surface area contributed by atoms with Crippen LogP contribution in [0.3, 0.4) is 0 Å². The second-order valence-electron chi connectivity index (χ2n) is 9.41. The second kappa shape index (κ2) is 9.53. The maximum atomic E-state index is 12.8. The standard InChI is InChI=1S/C27H26N4O6/c1-14-29-21-7-4-16-3-2-15(10-20(16)24(21)25(34)30-14)12-28-18-5-6-19-17(11-18)13-31(26(19)35)22(27(36)37)8-9-23(32)33/h2-3,5-6,10-11,22,28H,4,7-9,12-13H2,1H3,(H,32,33)(H,36,37)(H,29,30,34)/t22-/m0/s1. The van der Waals surface area contributed by atoms with Gasteiger partial charge in [-0.15, -0.1) is 0 Å². The average Bonchev–Trinajstić information content (AvgIpc) is 3.17. The Hall–Kier alpha value is -4.47. The van der Waals surface area contributed by atoms with Gasteiger partial charge in [0.2, 0.25) is 0 Å². The molecule has 1 aromatic heterocycles. The van der Waals surface area contributed by atoms with Crippen molar-refractivity contribution in [1.29, 1.82) is 0 Å². The van der Waals surface area contributed by atoms with Crippen molar-refractivity contribution in [2.75, 3.05) is 5.32 Å². The highest BCUT2D eigenvalue weighted by molar-refractivity contribution is 6.01. The molecule has 0 fully saturated rings. The van der Waals surface area contributed by atoms with Crippen LogP contribution in [0.4, 0.5) is 5.69 Å². The fraction of sp³-hybridized carbons (Fsp3) is 0.296. The van der Waals surface area contributed by atoms with Crippen molar-refractivity contribution >= 4 is 23.5 Å². The molecule has 4 N–H and O–H groups in total. The van der Waals surface area contributed by atoms with Gasteiger partial charge in [0.15, 0.2) is 0 Å². The van der Waals surface area contributed by atoms with E-state index < -0.39 is 23.9 Å². The lowest BCUT2D eigenvalue weighted by Gasteiger charge is -2.23. The predicted octanol–water partition coefficient (Wildman–Crippen LogP) is 2.73. The summed E-state index contributed by atoms with van der Waals surface area (Å²) >= 11 is 0. The molecule has 10 heteroatoms. The van der Waals surface area contributed by atoms with Gasteiger partial charge >= 0.3 is 11.9 Å². The van der Waals surface area contributed by atoms with E-state index in [1.807, 2.05) is 24.3 Å². The molecule has 1 atom stereocenters. The molecule has 1 aliphatic heterocycles. The van der Waals surface area contributed by atoms with Gasteiger partial charge in [0.1, 0.15) is 11.9 Å². The Morgan fingerprint density at radius 3 is 2.65 bits per heavy atom. The zero-order chi connectivity index (χ0) is 26.3. The van der Waals surface area contributed by atoms with Gasteiger partial charge < -0.3 is 25.4 Å². The van der Waals surface area contributed by atoms with Crippen molar-refractivity contribution in [3.05, 3.63) is 80.5 Å². The van der Waals surface area contributed by atoms with Crippen LogP contribution in [0.1, 0.15) is 51.4 Å². The van der Waals surface area contributed by atoms with Gasteiger partial charge in [0.05, 0.1) is 11.3 Å². The first-order valence-corrected chi connectivity index (χ1v) is 12.1. The maximum Gasteiger partial charge on any atom is 0.326 e. The van der Waals surface area contributed by atoms with E-state index in [0.717, 1.165) is 40.9 Å². The summed E-state index contributed by atoms with van der Waals surface area (Å²) in [7, 11) is 0. The highest BCUT2D eigenvalue weighted by Crippen LogP contribution is 2.32. The lowest BCUT2D eigenvalue weighted by atomic mass is 9.88. The summed E-state index contributed by atoms with van der Waals surface area (Å²) in [6, 6.07) is 10.1. The Balaban J connectivity index is 1.32. The number of anilines is 1. The molecule has 1 aliphatic carbocycles. The first kappa shape index (κ1) is 24.2. The molecular formula is C27H26N4O6. The minimum absolute atomic E-state index is 0.102. The molecule has 2 aromatic carbocycles. The van der Waals surface area contributed by atoms with Crippen molar-refractivity contribution in [3.8, 4) is 11.1 Å². The van der Waals surface area contributed by atoms with Gasteiger partial charge in [-0.3, -0.25) is 14.4 Å². The maximum absolute atomic E-state index is 12.8. The number of aryl methyl sites for hydroxylation is 3. The normalized spacial score (nSPS) is 14.5. The molecule has 0 saturated heterocycles. The monoisotopic (exact) mass is 502 g/mol. The van der Waals surface area contributed by atoms with Crippen LogP contribution < -0.4 is 10.9 Å². The van der Waals surface area contributed by atoms with Crippen LogP contribution in [0.15, 0.2) is 41.2 Å². The summed E-state index contributed by atoms with van der Waals surface area (Å²) in [6.07, 6.45) is 1.06. The Morgan fingerprint density at radius 2 is 1.89 bits per heavy atom. The minimum Gasteiger partial charge on any atom is -0.481 e. The highest BCUT2D eigenvalue weighted by Gasteiger charge is 2.36. The Morgan fingerprint density at radius 1 is 1.08 bits per heavy atom. The third-order valence-corrected chi connectivity index (χ3v) is 6.91. The van der Waals surface area contributed by atoms with Crippen LogP contribution in [-0.4, -0.2) is 49.0 Å². The molecule has 0 saturated carbocycles. The molecule has 190 valence electrons. The van der Waals surface area contributed by atoms with E-state index in [1.165, 1.54) is 4.90 Å². The van der Waals surface area contributed by atoms with E-state index in [0.29, 0.717) is 29.1 Å². The van der Waals surface area contributed by atoms with E-state index in [-0.39, 0.29) is 24.9 Å². The van der Waals surface area contributed by atoms with E-state index in [1.54, 1.807) is 19.1 Å². The van der Waals surface area contributed by atoms with Crippen molar-refractivity contribution in [2.45, 2.75) is 51.7 Å². The number of benzene rings is 2. The molecule has 10 nitrogen and oxygen atoms in total. The smallest absolute Gasteiger partial charge is 0.326 e. The van der Waals surface area contributed by atoms with Crippen molar-refractivity contribution < 1.29 is 24.6 Å². The number of fused-ring (bicyclic) bond motifs is 4. The molecule has 2 heterocycles. The van der Waals surface area contributed by atoms with E-state index in [2.05, 4.69) is 15.3 Å². The number of aliphatic carboxylic acids is 2. The topological polar surface area (TPSA) is 153 Å².